The molecular weight excluding hydrogens is 429 g/mol. The van der Waals surface area contributed by atoms with Crippen molar-refractivity contribution in [2.45, 2.75) is 44.6 Å². The molecule has 6 heteroatoms. The zero-order valence-corrected chi connectivity index (χ0v) is 19.6. The summed E-state index contributed by atoms with van der Waals surface area (Å²) in [5.74, 6) is -0.474. The van der Waals surface area contributed by atoms with Crippen LogP contribution in [0.15, 0.2) is 72.8 Å². The van der Waals surface area contributed by atoms with Crippen molar-refractivity contribution in [3.8, 4) is 0 Å². The number of halogens is 1. The van der Waals surface area contributed by atoms with Crippen LogP contribution in [0.25, 0.3) is 0 Å². The fourth-order valence-corrected chi connectivity index (χ4v) is 4.43. The second-order valence-electron chi connectivity index (χ2n) is 9.39. The van der Waals surface area contributed by atoms with Crippen molar-refractivity contribution in [1.29, 1.82) is 0 Å². The monoisotopic (exact) mass is 459 g/mol. The number of piperidine rings is 1. The van der Waals surface area contributed by atoms with Crippen LogP contribution < -0.4 is 5.32 Å². The van der Waals surface area contributed by atoms with Crippen molar-refractivity contribution >= 4 is 11.8 Å². The van der Waals surface area contributed by atoms with Gasteiger partial charge in [-0.2, -0.15) is 0 Å². The Labute approximate surface area is 200 Å². The van der Waals surface area contributed by atoms with E-state index in [0.717, 1.165) is 29.8 Å². The molecule has 3 aromatic rings. The summed E-state index contributed by atoms with van der Waals surface area (Å²) in [4.78, 5) is 32.7. The predicted molar refractivity (Wildman–Crippen MR) is 130 cm³/mol. The third-order valence-electron chi connectivity index (χ3n) is 6.25. The Kier molecular flexibility index (Phi) is 7.06. The van der Waals surface area contributed by atoms with Crippen LogP contribution in [0.3, 0.4) is 0 Å². The molecule has 1 saturated heterocycles. The number of nitrogens with one attached hydrogen (secondary N) is 1. The molecule has 0 bridgehead atoms. The Bertz CT molecular complexity index is 1150. The first-order valence-electron chi connectivity index (χ1n) is 11.7. The summed E-state index contributed by atoms with van der Waals surface area (Å²) < 4.78 is 13.2. The van der Waals surface area contributed by atoms with Crippen LogP contribution in [0.1, 0.15) is 59.9 Å². The number of hydrogen-bond donors (Lipinski definition) is 1. The Balaban J connectivity index is 1.43. The van der Waals surface area contributed by atoms with Gasteiger partial charge in [-0.05, 0) is 68.7 Å². The van der Waals surface area contributed by atoms with Gasteiger partial charge in [0.25, 0.3) is 5.91 Å². The zero-order valence-electron chi connectivity index (χ0n) is 19.6. The van der Waals surface area contributed by atoms with Crippen LogP contribution in [0.5, 0.6) is 0 Å². The molecule has 2 amide bonds. The highest BCUT2D eigenvalue weighted by molar-refractivity contribution is 5.98. The van der Waals surface area contributed by atoms with Gasteiger partial charge in [-0.1, -0.05) is 36.4 Å². The number of nitrogens with zero attached hydrogens (tertiary/aromatic N) is 2. The Morgan fingerprint density at radius 3 is 2.50 bits per heavy atom. The van der Waals surface area contributed by atoms with Crippen molar-refractivity contribution in [3.63, 3.8) is 0 Å². The predicted octanol–water partition coefficient (Wildman–Crippen LogP) is 4.73. The number of benzene rings is 2. The third kappa shape index (κ3) is 5.68. The highest BCUT2D eigenvalue weighted by Gasteiger charge is 2.36. The van der Waals surface area contributed by atoms with E-state index in [4.69, 9.17) is 4.98 Å². The van der Waals surface area contributed by atoms with Gasteiger partial charge in [0.15, 0.2) is 0 Å². The van der Waals surface area contributed by atoms with Crippen LogP contribution in [0.2, 0.25) is 0 Å². The van der Waals surface area contributed by atoms with Crippen molar-refractivity contribution in [2.75, 3.05) is 13.1 Å². The quantitative estimate of drug-likeness (QED) is 0.580. The smallest absolute Gasteiger partial charge is 0.252 e. The summed E-state index contributed by atoms with van der Waals surface area (Å²) in [5, 5.41) is 2.89. The van der Waals surface area contributed by atoms with E-state index in [1.165, 1.54) is 12.1 Å². The fourth-order valence-electron chi connectivity index (χ4n) is 4.43. The molecule has 0 spiro atoms. The fraction of sp³-hybridized carbons (Fsp3) is 0.321. The topological polar surface area (TPSA) is 62.3 Å². The molecule has 1 atom stereocenters. The first-order valence-corrected chi connectivity index (χ1v) is 11.7. The molecule has 0 radical (unpaired) electrons. The Hall–Kier alpha value is -3.54. The van der Waals surface area contributed by atoms with Crippen LogP contribution in [0, 0.1) is 5.82 Å². The molecule has 34 heavy (non-hydrogen) atoms. The number of amides is 2. The number of aromatic nitrogens is 1. The lowest BCUT2D eigenvalue weighted by Gasteiger charge is -2.37. The highest BCUT2D eigenvalue weighted by atomic mass is 19.1. The van der Waals surface area contributed by atoms with E-state index in [1.54, 1.807) is 50.2 Å². The molecule has 0 saturated carbocycles. The third-order valence-corrected chi connectivity index (χ3v) is 6.25. The van der Waals surface area contributed by atoms with Gasteiger partial charge in [0.2, 0.25) is 5.91 Å². The van der Waals surface area contributed by atoms with Crippen molar-refractivity contribution in [3.05, 3.63) is 101 Å². The van der Waals surface area contributed by atoms with Crippen molar-refractivity contribution < 1.29 is 14.0 Å². The molecule has 0 unspecified atom stereocenters. The second kappa shape index (κ2) is 10.2. The first kappa shape index (κ1) is 23.6. The average molecular weight is 460 g/mol. The second-order valence-corrected chi connectivity index (χ2v) is 9.39. The van der Waals surface area contributed by atoms with E-state index in [9.17, 15) is 14.0 Å². The van der Waals surface area contributed by atoms with E-state index in [0.29, 0.717) is 25.1 Å². The Morgan fingerprint density at radius 2 is 1.76 bits per heavy atom. The molecule has 2 heterocycles. The van der Waals surface area contributed by atoms with Gasteiger partial charge < -0.3 is 10.2 Å². The van der Waals surface area contributed by atoms with Gasteiger partial charge in [-0.25, -0.2) is 4.39 Å². The van der Waals surface area contributed by atoms with E-state index < -0.39 is 5.54 Å². The van der Waals surface area contributed by atoms with Crippen LogP contribution in [0.4, 0.5) is 4.39 Å². The van der Waals surface area contributed by atoms with Crippen molar-refractivity contribution in [1.82, 2.24) is 15.2 Å². The van der Waals surface area contributed by atoms with Gasteiger partial charge in [0.05, 0.1) is 0 Å². The zero-order chi connectivity index (χ0) is 24.1. The number of likely N-dealkylation sites (tertiary alicyclic amines) is 1. The molecule has 1 N–H and O–H groups in total. The molecule has 2 aromatic carbocycles. The SMILES string of the molecule is CC(C)(NC(=O)c1ccccc1)C(=O)N1CCC[C@H](c2cccc(Cc3ccc(F)cc3)n2)C1. The molecule has 1 aliphatic rings. The lowest BCUT2D eigenvalue weighted by atomic mass is 9.92. The summed E-state index contributed by atoms with van der Waals surface area (Å²) in [6, 6.07) is 21.4. The maximum atomic E-state index is 13.4. The maximum Gasteiger partial charge on any atom is 0.252 e. The summed E-state index contributed by atoms with van der Waals surface area (Å²) in [7, 11) is 0. The van der Waals surface area contributed by atoms with Gasteiger partial charge in [-0.3, -0.25) is 14.6 Å². The summed E-state index contributed by atoms with van der Waals surface area (Å²) >= 11 is 0. The normalized spacial score (nSPS) is 16.2. The lowest BCUT2D eigenvalue weighted by molar-refractivity contribution is -0.138. The molecule has 5 nitrogen and oxygen atoms in total. The minimum absolute atomic E-state index is 0.0936. The largest absolute Gasteiger partial charge is 0.340 e. The number of carbonyl (C=O) groups is 2. The van der Waals surface area contributed by atoms with E-state index >= 15 is 0 Å². The highest BCUT2D eigenvalue weighted by Crippen LogP contribution is 2.27. The lowest BCUT2D eigenvalue weighted by Crippen LogP contribution is -2.57. The van der Waals surface area contributed by atoms with Gasteiger partial charge in [-0.15, -0.1) is 0 Å². The Morgan fingerprint density at radius 1 is 1.03 bits per heavy atom. The van der Waals surface area contributed by atoms with Gasteiger partial charge in [0.1, 0.15) is 11.4 Å². The average Bonchev–Trinajstić information content (AvgIpc) is 2.85. The van der Waals surface area contributed by atoms with E-state index in [1.807, 2.05) is 29.2 Å². The molecular formula is C28H30FN3O2. The van der Waals surface area contributed by atoms with E-state index in [2.05, 4.69) is 5.32 Å². The van der Waals surface area contributed by atoms with Gasteiger partial charge >= 0.3 is 0 Å². The molecule has 4 rings (SSSR count). The van der Waals surface area contributed by atoms with Crippen LogP contribution >= 0.6 is 0 Å². The summed E-state index contributed by atoms with van der Waals surface area (Å²) in [6.07, 6.45) is 2.46. The standard InChI is InChI=1S/C28H30FN3O2/c1-28(2,31-26(33)21-8-4-3-5-9-21)27(34)32-17-7-10-22(19-32)25-12-6-11-24(30-25)18-20-13-15-23(29)16-14-20/h3-6,8-9,11-16,22H,7,10,17-19H2,1-2H3,(H,31,33)/t22-/m0/s1. The number of rotatable bonds is 6. The number of pyridine rings is 1. The van der Waals surface area contributed by atoms with E-state index in [-0.39, 0.29) is 23.5 Å². The minimum atomic E-state index is -1.02. The maximum absolute atomic E-state index is 13.4. The molecule has 1 fully saturated rings. The summed E-state index contributed by atoms with van der Waals surface area (Å²) in [6.45, 7) is 4.73. The molecule has 1 aliphatic heterocycles. The van der Waals surface area contributed by atoms with Crippen LogP contribution in [-0.2, 0) is 11.2 Å². The van der Waals surface area contributed by atoms with Crippen LogP contribution in [-0.4, -0.2) is 40.3 Å². The number of carbonyl (C=O) groups excluding carboxylic acids is 2. The molecule has 1 aromatic heterocycles. The number of hydrogen-bond acceptors (Lipinski definition) is 3. The van der Waals surface area contributed by atoms with Gasteiger partial charge in [0, 0.05) is 42.4 Å². The molecule has 0 aliphatic carbocycles. The summed E-state index contributed by atoms with van der Waals surface area (Å²) in [5.41, 5.74) is 2.39. The molecule has 176 valence electrons. The minimum Gasteiger partial charge on any atom is -0.340 e. The van der Waals surface area contributed by atoms with Crippen molar-refractivity contribution in [2.24, 2.45) is 0 Å². The first-order chi connectivity index (χ1) is 16.3.